The van der Waals surface area contributed by atoms with E-state index >= 15 is 0 Å². The molecule has 0 aliphatic rings. The van der Waals surface area contributed by atoms with Gasteiger partial charge in [-0.3, -0.25) is 10.1 Å². The van der Waals surface area contributed by atoms with Gasteiger partial charge in [0.15, 0.2) is 0 Å². The highest BCUT2D eigenvalue weighted by Crippen LogP contribution is 2.13. The van der Waals surface area contributed by atoms with Crippen LogP contribution in [0, 0.1) is 10.1 Å². The summed E-state index contributed by atoms with van der Waals surface area (Å²) in [5.74, 6) is 0.472. The molecule has 13 heavy (non-hydrogen) atoms. The van der Waals surface area contributed by atoms with Gasteiger partial charge >= 0.3 is 0 Å². The van der Waals surface area contributed by atoms with Crippen molar-refractivity contribution in [2.24, 2.45) is 5.73 Å². The van der Waals surface area contributed by atoms with E-state index < -0.39 is 4.92 Å². The van der Waals surface area contributed by atoms with Crippen LogP contribution in [0.2, 0.25) is 0 Å². The molecule has 0 spiro atoms. The molecule has 3 N–H and O–H groups in total. The van der Waals surface area contributed by atoms with Crippen LogP contribution in [0.5, 0.6) is 0 Å². The van der Waals surface area contributed by atoms with Crippen molar-refractivity contribution >= 4 is 11.5 Å². The van der Waals surface area contributed by atoms with Crippen LogP contribution in [0.25, 0.3) is 0 Å². The van der Waals surface area contributed by atoms with Crippen molar-refractivity contribution in [1.29, 1.82) is 0 Å². The molecule has 1 aromatic rings. The molecule has 1 aromatic heterocycles. The summed E-state index contributed by atoms with van der Waals surface area (Å²) < 4.78 is 0. The molecule has 0 atom stereocenters. The largest absolute Gasteiger partial charge is 0.369 e. The Hall–Kier alpha value is -1.69. The lowest BCUT2D eigenvalue weighted by atomic mass is 10.4. The number of hydrogen-bond donors (Lipinski definition) is 2. The average molecular weight is 182 g/mol. The van der Waals surface area contributed by atoms with Gasteiger partial charge in [-0.15, -0.1) is 0 Å². The Labute approximate surface area is 74.9 Å². The van der Waals surface area contributed by atoms with Crippen molar-refractivity contribution in [1.82, 2.24) is 4.98 Å². The first-order valence-electron chi connectivity index (χ1n) is 3.78. The van der Waals surface area contributed by atoms with Crippen LogP contribution in [0.4, 0.5) is 11.5 Å². The zero-order valence-electron chi connectivity index (χ0n) is 6.93. The molecule has 6 nitrogen and oxygen atoms in total. The van der Waals surface area contributed by atoms with Crippen LogP contribution < -0.4 is 11.1 Å². The number of nitrogens with one attached hydrogen (secondary N) is 1. The number of hydrogen-bond acceptors (Lipinski definition) is 5. The van der Waals surface area contributed by atoms with Gasteiger partial charge < -0.3 is 11.1 Å². The Morgan fingerprint density at radius 1 is 1.69 bits per heavy atom. The van der Waals surface area contributed by atoms with Gasteiger partial charge in [0.1, 0.15) is 5.82 Å². The fourth-order valence-corrected chi connectivity index (χ4v) is 0.830. The van der Waals surface area contributed by atoms with Crippen molar-refractivity contribution in [3.05, 3.63) is 28.4 Å². The topological polar surface area (TPSA) is 94.1 Å². The Balaban J connectivity index is 2.73. The molecule has 0 radical (unpaired) electrons. The number of aromatic nitrogens is 1. The maximum Gasteiger partial charge on any atom is 0.274 e. The van der Waals surface area contributed by atoms with Crippen LogP contribution in [0.15, 0.2) is 18.3 Å². The van der Waals surface area contributed by atoms with Crippen LogP contribution in [-0.4, -0.2) is 23.0 Å². The fourth-order valence-electron chi connectivity index (χ4n) is 0.830. The first-order chi connectivity index (χ1) is 6.24. The number of pyridine rings is 1. The lowest BCUT2D eigenvalue weighted by Gasteiger charge is -2.01. The van der Waals surface area contributed by atoms with Gasteiger partial charge in [0.05, 0.1) is 11.0 Å². The number of rotatable bonds is 4. The highest BCUT2D eigenvalue weighted by molar-refractivity contribution is 5.44. The summed E-state index contributed by atoms with van der Waals surface area (Å²) in [5.41, 5.74) is 5.27. The van der Waals surface area contributed by atoms with Crippen molar-refractivity contribution in [3.63, 3.8) is 0 Å². The average Bonchev–Trinajstić information content (AvgIpc) is 2.15. The first-order valence-corrected chi connectivity index (χ1v) is 3.78. The lowest BCUT2D eigenvalue weighted by Crippen LogP contribution is -2.13. The van der Waals surface area contributed by atoms with Crippen LogP contribution >= 0.6 is 0 Å². The second kappa shape index (κ2) is 4.36. The maximum absolute atomic E-state index is 10.4. The molecule has 1 rings (SSSR count). The molecule has 0 saturated heterocycles. The Morgan fingerprint density at radius 2 is 2.46 bits per heavy atom. The van der Waals surface area contributed by atoms with Gasteiger partial charge in [-0.2, -0.15) is 0 Å². The molecule has 6 heteroatoms. The molecule has 0 saturated carbocycles. The van der Waals surface area contributed by atoms with Gasteiger partial charge in [-0.05, 0) is 0 Å². The molecule has 70 valence electrons. The van der Waals surface area contributed by atoms with Crippen molar-refractivity contribution in [2.45, 2.75) is 0 Å². The molecule has 0 aliphatic heterocycles. The molecule has 0 amide bonds. The van der Waals surface area contributed by atoms with E-state index in [-0.39, 0.29) is 5.69 Å². The van der Waals surface area contributed by atoms with Gasteiger partial charge in [0.25, 0.3) is 5.69 Å². The first kappa shape index (κ1) is 9.40. The van der Waals surface area contributed by atoms with Crippen LogP contribution in [-0.2, 0) is 0 Å². The molecule has 1 heterocycles. The van der Waals surface area contributed by atoms with E-state index in [1.807, 2.05) is 0 Å². The highest BCUT2D eigenvalue weighted by atomic mass is 16.6. The van der Waals surface area contributed by atoms with Crippen molar-refractivity contribution in [3.8, 4) is 0 Å². The Bertz CT molecular complexity index is 302. The maximum atomic E-state index is 10.4. The minimum Gasteiger partial charge on any atom is -0.369 e. The molecule has 0 aromatic carbocycles. The summed E-state index contributed by atoms with van der Waals surface area (Å²) in [4.78, 5) is 13.8. The number of nitrogens with zero attached hydrogens (tertiary/aromatic N) is 2. The summed E-state index contributed by atoms with van der Waals surface area (Å²) in [6.07, 6.45) is 1.39. The number of nitro groups is 1. The van der Waals surface area contributed by atoms with E-state index in [4.69, 9.17) is 5.73 Å². The van der Waals surface area contributed by atoms with E-state index in [2.05, 4.69) is 10.3 Å². The van der Waals surface area contributed by atoms with Crippen LogP contribution in [0.1, 0.15) is 0 Å². The quantitative estimate of drug-likeness (QED) is 0.518. The predicted molar refractivity (Wildman–Crippen MR) is 48.4 cm³/mol. The highest BCUT2D eigenvalue weighted by Gasteiger charge is 2.05. The van der Waals surface area contributed by atoms with Crippen LogP contribution in [0.3, 0.4) is 0 Å². The Kier molecular flexibility index (Phi) is 3.15. The van der Waals surface area contributed by atoms with Gasteiger partial charge in [-0.25, -0.2) is 4.98 Å². The smallest absolute Gasteiger partial charge is 0.274 e. The molecule has 0 aliphatic carbocycles. The van der Waals surface area contributed by atoms with E-state index in [0.717, 1.165) is 0 Å². The van der Waals surface area contributed by atoms with Crippen molar-refractivity contribution in [2.75, 3.05) is 18.4 Å². The monoisotopic (exact) mass is 182 g/mol. The minimum absolute atomic E-state index is 0.0227. The third-order valence-corrected chi connectivity index (χ3v) is 1.40. The number of anilines is 1. The fraction of sp³-hybridized carbons (Fsp3) is 0.286. The zero-order valence-corrected chi connectivity index (χ0v) is 6.93. The van der Waals surface area contributed by atoms with E-state index in [1.54, 1.807) is 0 Å². The SMILES string of the molecule is NCCNc1cc([N+](=O)[O-])ccn1. The lowest BCUT2D eigenvalue weighted by molar-refractivity contribution is -0.384. The van der Waals surface area contributed by atoms with E-state index in [1.165, 1.54) is 18.3 Å². The summed E-state index contributed by atoms with van der Waals surface area (Å²) in [7, 11) is 0. The van der Waals surface area contributed by atoms with E-state index in [0.29, 0.717) is 18.9 Å². The second-order valence-corrected chi connectivity index (χ2v) is 2.37. The van der Waals surface area contributed by atoms with Gasteiger partial charge in [-0.1, -0.05) is 0 Å². The van der Waals surface area contributed by atoms with Gasteiger partial charge in [0, 0.05) is 25.4 Å². The Morgan fingerprint density at radius 3 is 3.08 bits per heavy atom. The second-order valence-electron chi connectivity index (χ2n) is 2.37. The third-order valence-electron chi connectivity index (χ3n) is 1.40. The summed E-state index contributed by atoms with van der Waals surface area (Å²) in [5, 5.41) is 13.2. The molecular weight excluding hydrogens is 172 g/mol. The normalized spacial score (nSPS) is 9.62. The molecular formula is C7H10N4O2. The summed E-state index contributed by atoms with van der Waals surface area (Å²) >= 11 is 0. The molecule has 0 unspecified atom stereocenters. The predicted octanol–water partition coefficient (Wildman–Crippen LogP) is 0.360. The summed E-state index contributed by atoms with van der Waals surface area (Å²) in [6, 6.07) is 2.71. The molecule has 0 bridgehead atoms. The summed E-state index contributed by atoms with van der Waals surface area (Å²) in [6.45, 7) is 1.01. The van der Waals surface area contributed by atoms with Gasteiger partial charge in [0.2, 0.25) is 0 Å². The number of nitrogens with two attached hydrogens (primary N) is 1. The standard InChI is InChI=1S/C7H10N4O2/c8-2-4-10-7-5-6(11(12)13)1-3-9-7/h1,3,5H,2,4,8H2,(H,9,10). The zero-order chi connectivity index (χ0) is 9.68. The molecule has 0 fully saturated rings. The van der Waals surface area contributed by atoms with E-state index in [9.17, 15) is 10.1 Å². The third kappa shape index (κ3) is 2.68. The minimum atomic E-state index is -0.463. The van der Waals surface area contributed by atoms with Crippen molar-refractivity contribution < 1.29 is 4.92 Å².